The first-order chi connectivity index (χ1) is 11.0. The maximum atomic E-state index is 12.0. The van der Waals surface area contributed by atoms with Crippen LogP contribution in [0.15, 0.2) is 16.3 Å². The Morgan fingerprint density at radius 1 is 1.43 bits per heavy atom. The van der Waals surface area contributed by atoms with Crippen molar-refractivity contribution in [1.29, 1.82) is 0 Å². The molecule has 1 aromatic rings. The molecule has 0 unspecified atom stereocenters. The van der Waals surface area contributed by atoms with Crippen molar-refractivity contribution in [3.63, 3.8) is 0 Å². The van der Waals surface area contributed by atoms with E-state index >= 15 is 0 Å². The highest BCUT2D eigenvalue weighted by Crippen LogP contribution is 2.37. The number of nitrogens with zero attached hydrogens (tertiary/aromatic N) is 5. The second-order valence-electron chi connectivity index (χ2n) is 5.80. The van der Waals surface area contributed by atoms with Crippen LogP contribution in [0.2, 0.25) is 0 Å². The van der Waals surface area contributed by atoms with Crippen LogP contribution in [0.3, 0.4) is 0 Å². The summed E-state index contributed by atoms with van der Waals surface area (Å²) in [7, 11) is 1.75. The predicted octanol–water partition coefficient (Wildman–Crippen LogP) is 1.26. The predicted molar refractivity (Wildman–Crippen MR) is 82.7 cm³/mol. The molecular formula is C15H18N6O2. The summed E-state index contributed by atoms with van der Waals surface area (Å²) in [4.78, 5) is 25.7. The number of amides is 2. The second-order valence-corrected chi connectivity index (χ2v) is 5.80. The van der Waals surface area contributed by atoms with Gasteiger partial charge in [0.15, 0.2) is 11.5 Å². The smallest absolute Gasteiger partial charge is 0.272 e. The van der Waals surface area contributed by atoms with Gasteiger partial charge in [0.2, 0.25) is 5.91 Å². The number of likely N-dealkylation sites (N-methyl/N-ethyl adjacent to an activating group) is 1. The van der Waals surface area contributed by atoms with Crippen molar-refractivity contribution in [2.75, 3.05) is 18.9 Å². The van der Waals surface area contributed by atoms with Crippen LogP contribution in [0.1, 0.15) is 36.2 Å². The molecular weight excluding hydrogens is 296 g/mol. The molecule has 8 nitrogen and oxygen atoms in total. The zero-order valence-electron chi connectivity index (χ0n) is 12.9. The summed E-state index contributed by atoms with van der Waals surface area (Å²) in [5.74, 6) is 2.70. The van der Waals surface area contributed by atoms with E-state index in [0.29, 0.717) is 43.9 Å². The molecule has 8 heteroatoms. The highest BCUT2D eigenvalue weighted by Gasteiger charge is 2.39. The molecule has 1 aromatic heterocycles. The largest absolute Gasteiger partial charge is 0.339 e. The van der Waals surface area contributed by atoms with Crippen molar-refractivity contribution in [2.24, 2.45) is 10.2 Å². The maximum Gasteiger partial charge on any atom is 0.272 e. The molecule has 0 atom stereocenters. The topological polar surface area (TPSA) is 92.0 Å². The molecule has 0 saturated carbocycles. The van der Waals surface area contributed by atoms with Gasteiger partial charge in [0, 0.05) is 45.3 Å². The van der Waals surface area contributed by atoms with Gasteiger partial charge in [0.25, 0.3) is 5.91 Å². The fourth-order valence-corrected chi connectivity index (χ4v) is 2.55. The normalized spacial score (nSPS) is 17.6. The Morgan fingerprint density at radius 3 is 2.91 bits per heavy atom. The van der Waals surface area contributed by atoms with Crippen molar-refractivity contribution in [3.8, 4) is 12.3 Å². The molecule has 0 aromatic carbocycles. The zero-order chi connectivity index (χ0) is 16.4. The monoisotopic (exact) mass is 314 g/mol. The molecule has 0 radical (unpaired) electrons. The number of carbonyl (C=O) groups excluding carboxylic acids is 2. The van der Waals surface area contributed by atoms with E-state index in [1.54, 1.807) is 22.7 Å². The van der Waals surface area contributed by atoms with Crippen molar-refractivity contribution in [3.05, 3.63) is 11.8 Å². The minimum Gasteiger partial charge on any atom is -0.339 e. The Morgan fingerprint density at radius 2 is 2.22 bits per heavy atom. The number of aromatic nitrogens is 2. The number of fused-ring (bicyclic) bond motifs is 1. The molecule has 1 N–H and O–H groups in total. The Balaban J connectivity index is 1.54. The van der Waals surface area contributed by atoms with Gasteiger partial charge >= 0.3 is 0 Å². The second kappa shape index (κ2) is 5.83. The van der Waals surface area contributed by atoms with Gasteiger partial charge in [-0.05, 0) is 0 Å². The molecule has 2 amide bonds. The van der Waals surface area contributed by atoms with Crippen LogP contribution >= 0.6 is 0 Å². The Kier molecular flexibility index (Phi) is 3.86. The molecule has 0 aliphatic carbocycles. The number of rotatable bonds is 6. The summed E-state index contributed by atoms with van der Waals surface area (Å²) >= 11 is 0. The first kappa shape index (κ1) is 15.2. The number of terminal acetylenes is 1. The number of hydrogen-bond acceptors (Lipinski definition) is 5. The minimum absolute atomic E-state index is 0.0898. The maximum absolute atomic E-state index is 12.0. The van der Waals surface area contributed by atoms with Gasteiger partial charge in [-0.3, -0.25) is 14.3 Å². The van der Waals surface area contributed by atoms with E-state index < -0.39 is 5.66 Å². The van der Waals surface area contributed by atoms with Gasteiger partial charge in [-0.25, -0.2) is 0 Å². The molecule has 2 aliphatic heterocycles. The molecule has 23 heavy (non-hydrogen) atoms. The fraction of sp³-hybridized carbons (Fsp3) is 0.533. The number of hydrogen-bond donors (Lipinski definition) is 1. The SMILES string of the molecule is C#CCCC1(CCC(=O)Nc2cc3n(n2)CCN(C)C3=O)N=N1. The highest BCUT2D eigenvalue weighted by atomic mass is 16.2. The van der Waals surface area contributed by atoms with Gasteiger partial charge in [-0.2, -0.15) is 15.3 Å². The zero-order valence-corrected chi connectivity index (χ0v) is 12.9. The lowest BCUT2D eigenvalue weighted by atomic mass is 10.0. The molecule has 3 heterocycles. The van der Waals surface area contributed by atoms with Crippen molar-refractivity contribution in [2.45, 2.75) is 37.9 Å². The summed E-state index contributed by atoms with van der Waals surface area (Å²) in [5.41, 5.74) is 0.0299. The van der Waals surface area contributed by atoms with Crippen LogP contribution in [0.4, 0.5) is 5.82 Å². The lowest BCUT2D eigenvalue weighted by Crippen LogP contribution is -2.37. The van der Waals surface area contributed by atoms with E-state index in [-0.39, 0.29) is 18.2 Å². The first-order valence-corrected chi connectivity index (χ1v) is 7.54. The van der Waals surface area contributed by atoms with Crippen LogP contribution in [0.25, 0.3) is 0 Å². The van der Waals surface area contributed by atoms with E-state index in [9.17, 15) is 9.59 Å². The van der Waals surface area contributed by atoms with E-state index in [4.69, 9.17) is 6.42 Å². The molecule has 0 bridgehead atoms. The van der Waals surface area contributed by atoms with Crippen LogP contribution in [-0.4, -0.2) is 45.8 Å². The summed E-state index contributed by atoms with van der Waals surface area (Å²) in [5, 5.41) is 15.0. The third-order valence-electron chi connectivity index (χ3n) is 4.07. The van der Waals surface area contributed by atoms with E-state index in [1.807, 2.05) is 0 Å². The molecule has 0 spiro atoms. The van der Waals surface area contributed by atoms with Crippen LogP contribution in [-0.2, 0) is 11.3 Å². The van der Waals surface area contributed by atoms with Crippen LogP contribution in [0.5, 0.6) is 0 Å². The molecule has 120 valence electrons. The third-order valence-corrected chi connectivity index (χ3v) is 4.07. The quantitative estimate of drug-likeness (QED) is 0.801. The van der Waals surface area contributed by atoms with Gasteiger partial charge in [0.1, 0.15) is 5.69 Å². The lowest BCUT2D eigenvalue weighted by Gasteiger charge is -2.22. The highest BCUT2D eigenvalue weighted by molar-refractivity contribution is 5.96. The first-order valence-electron chi connectivity index (χ1n) is 7.54. The van der Waals surface area contributed by atoms with E-state index in [1.165, 1.54) is 0 Å². The Hall–Kier alpha value is -2.69. The standard InChI is InChI=1S/C15H18N6O2/c1-3-4-6-15(18-19-15)7-5-13(22)16-12-10-11-14(23)20(2)8-9-21(11)17-12/h1,10H,4-9H2,2H3,(H,16,17,22). The molecule has 0 fully saturated rings. The Bertz CT molecular complexity index is 708. The van der Waals surface area contributed by atoms with Crippen molar-refractivity contribution < 1.29 is 9.59 Å². The number of carbonyl (C=O) groups is 2. The van der Waals surface area contributed by atoms with Crippen LogP contribution < -0.4 is 5.32 Å². The van der Waals surface area contributed by atoms with Gasteiger partial charge in [-0.1, -0.05) is 0 Å². The molecule has 3 rings (SSSR count). The summed E-state index contributed by atoms with van der Waals surface area (Å²) < 4.78 is 1.62. The average molecular weight is 314 g/mol. The molecule has 2 aliphatic rings. The average Bonchev–Trinajstić information content (AvgIpc) is 3.19. The number of nitrogens with one attached hydrogen (secondary N) is 1. The van der Waals surface area contributed by atoms with Crippen LogP contribution in [0, 0.1) is 12.3 Å². The minimum atomic E-state index is -0.462. The fourth-order valence-electron chi connectivity index (χ4n) is 2.55. The summed E-state index contributed by atoms with van der Waals surface area (Å²) in [6, 6.07) is 1.61. The van der Waals surface area contributed by atoms with Gasteiger partial charge in [0.05, 0.1) is 6.54 Å². The number of anilines is 1. The van der Waals surface area contributed by atoms with E-state index in [0.717, 1.165) is 0 Å². The third kappa shape index (κ3) is 3.23. The summed E-state index contributed by atoms with van der Waals surface area (Å²) in [6.45, 7) is 1.24. The van der Waals surface area contributed by atoms with Crippen molar-refractivity contribution in [1.82, 2.24) is 14.7 Å². The lowest BCUT2D eigenvalue weighted by molar-refractivity contribution is -0.116. The van der Waals surface area contributed by atoms with Crippen molar-refractivity contribution >= 4 is 17.6 Å². The summed E-state index contributed by atoms with van der Waals surface area (Å²) in [6.07, 6.45) is 7.33. The molecule has 0 saturated heterocycles. The van der Waals surface area contributed by atoms with E-state index in [2.05, 4.69) is 26.6 Å². The van der Waals surface area contributed by atoms with Gasteiger partial charge < -0.3 is 10.2 Å². The Labute approximate surface area is 133 Å². The van der Waals surface area contributed by atoms with Gasteiger partial charge in [-0.15, -0.1) is 12.3 Å².